The van der Waals surface area contributed by atoms with Gasteiger partial charge in [0.25, 0.3) is 0 Å². The Morgan fingerprint density at radius 1 is 1.14 bits per heavy atom. The van der Waals surface area contributed by atoms with Crippen molar-refractivity contribution in [2.45, 2.75) is 44.6 Å². The maximum atomic E-state index is 12.3. The molecular weight excluding hydrogens is 266 g/mol. The molecule has 0 spiro atoms. The lowest BCUT2D eigenvalue weighted by atomic mass is 9.88. The fourth-order valence-electron chi connectivity index (χ4n) is 4.17. The molecule has 3 saturated heterocycles. The summed E-state index contributed by atoms with van der Waals surface area (Å²) in [6.07, 6.45) is 6.14. The molecule has 0 aliphatic carbocycles. The Labute approximate surface area is 127 Å². The molecule has 0 bridgehead atoms. The molecule has 2 amide bonds. The second-order valence-corrected chi connectivity index (χ2v) is 6.84. The fraction of sp³-hybridized carbons (Fsp3) is 0.875. The zero-order valence-corrected chi connectivity index (χ0v) is 13.1. The van der Waals surface area contributed by atoms with Crippen molar-refractivity contribution in [1.29, 1.82) is 0 Å². The Morgan fingerprint density at radius 3 is 2.67 bits per heavy atom. The summed E-state index contributed by atoms with van der Waals surface area (Å²) in [4.78, 5) is 30.5. The van der Waals surface area contributed by atoms with Crippen LogP contribution in [0, 0.1) is 5.92 Å². The summed E-state index contributed by atoms with van der Waals surface area (Å²) in [5, 5.41) is 0. The minimum Gasteiger partial charge on any atom is -0.342 e. The van der Waals surface area contributed by atoms with Gasteiger partial charge >= 0.3 is 0 Å². The average Bonchev–Trinajstić information content (AvgIpc) is 2.97. The van der Waals surface area contributed by atoms with E-state index in [1.54, 1.807) is 0 Å². The predicted octanol–water partition coefficient (Wildman–Crippen LogP) is 0.942. The van der Waals surface area contributed by atoms with Crippen LogP contribution in [0.1, 0.15) is 38.5 Å². The lowest BCUT2D eigenvalue weighted by molar-refractivity contribution is -0.135. The molecule has 0 aromatic rings. The van der Waals surface area contributed by atoms with Crippen LogP contribution in [0.2, 0.25) is 0 Å². The molecular formula is C16H27N3O2. The van der Waals surface area contributed by atoms with Crippen LogP contribution in [0.3, 0.4) is 0 Å². The number of hydrogen-bond acceptors (Lipinski definition) is 3. The summed E-state index contributed by atoms with van der Waals surface area (Å²) >= 11 is 0. The Bertz CT molecular complexity index is 406. The third kappa shape index (κ3) is 3.23. The van der Waals surface area contributed by atoms with Gasteiger partial charge < -0.3 is 9.80 Å². The third-order valence-electron chi connectivity index (χ3n) is 5.45. The molecule has 3 heterocycles. The van der Waals surface area contributed by atoms with Crippen LogP contribution < -0.4 is 0 Å². The number of fused-ring (bicyclic) bond motifs is 1. The van der Waals surface area contributed by atoms with Crippen molar-refractivity contribution in [1.82, 2.24) is 14.7 Å². The number of likely N-dealkylation sites (tertiary alicyclic amines) is 3. The molecule has 5 heteroatoms. The van der Waals surface area contributed by atoms with Gasteiger partial charge in [0.15, 0.2) is 0 Å². The molecule has 2 atom stereocenters. The normalized spacial score (nSPS) is 31.2. The average molecular weight is 293 g/mol. The predicted molar refractivity (Wildman–Crippen MR) is 80.8 cm³/mol. The minimum absolute atomic E-state index is 0.295. The molecule has 5 nitrogen and oxygen atoms in total. The van der Waals surface area contributed by atoms with Crippen LogP contribution in [0.4, 0.5) is 0 Å². The van der Waals surface area contributed by atoms with Crippen molar-refractivity contribution in [2.24, 2.45) is 5.92 Å². The van der Waals surface area contributed by atoms with Crippen LogP contribution in [-0.2, 0) is 9.59 Å². The first-order valence-corrected chi connectivity index (χ1v) is 8.41. The van der Waals surface area contributed by atoms with Gasteiger partial charge in [-0.2, -0.15) is 0 Å². The van der Waals surface area contributed by atoms with E-state index >= 15 is 0 Å². The maximum Gasteiger partial charge on any atom is 0.236 e. The molecule has 118 valence electrons. The van der Waals surface area contributed by atoms with E-state index < -0.39 is 0 Å². The second-order valence-electron chi connectivity index (χ2n) is 6.84. The lowest BCUT2D eigenvalue weighted by Gasteiger charge is -2.41. The summed E-state index contributed by atoms with van der Waals surface area (Å²) in [6, 6.07) is 0.387. The highest BCUT2D eigenvalue weighted by atomic mass is 16.2. The van der Waals surface area contributed by atoms with Gasteiger partial charge in [-0.3, -0.25) is 14.5 Å². The first-order valence-electron chi connectivity index (χ1n) is 8.41. The number of amides is 2. The molecule has 0 N–H and O–H groups in total. The van der Waals surface area contributed by atoms with Gasteiger partial charge in [-0.25, -0.2) is 0 Å². The van der Waals surface area contributed by atoms with E-state index in [2.05, 4.69) is 4.90 Å². The Morgan fingerprint density at radius 2 is 1.90 bits per heavy atom. The smallest absolute Gasteiger partial charge is 0.236 e. The van der Waals surface area contributed by atoms with E-state index in [0.29, 0.717) is 36.7 Å². The number of hydrogen-bond donors (Lipinski definition) is 0. The van der Waals surface area contributed by atoms with Crippen molar-refractivity contribution in [2.75, 3.05) is 39.8 Å². The maximum absolute atomic E-state index is 12.3. The SMILES string of the molecule is CN1C(=O)CCC[C@@H]2CN(CC(=O)N3CCCC3)CC[C@H]21. The molecule has 3 fully saturated rings. The fourth-order valence-corrected chi connectivity index (χ4v) is 4.17. The van der Waals surface area contributed by atoms with E-state index in [1.165, 1.54) is 0 Å². The minimum atomic E-state index is 0.295. The van der Waals surface area contributed by atoms with Crippen molar-refractivity contribution < 1.29 is 9.59 Å². The topological polar surface area (TPSA) is 43.9 Å². The van der Waals surface area contributed by atoms with Crippen LogP contribution in [0.5, 0.6) is 0 Å². The van der Waals surface area contributed by atoms with Crippen LogP contribution in [0.15, 0.2) is 0 Å². The number of rotatable bonds is 2. The standard InChI is InChI=1S/C16H27N3O2/c1-17-14-7-10-18(11-13(14)5-4-6-15(17)20)12-16(21)19-8-2-3-9-19/h13-14H,2-12H2,1H3/t13-,14-/m1/s1. The summed E-state index contributed by atoms with van der Waals surface area (Å²) < 4.78 is 0. The molecule has 3 aliphatic rings. The second kappa shape index (κ2) is 6.34. The summed E-state index contributed by atoms with van der Waals surface area (Å²) in [5.74, 6) is 1.13. The van der Waals surface area contributed by atoms with Gasteiger partial charge in [-0.05, 0) is 38.0 Å². The van der Waals surface area contributed by atoms with Gasteiger partial charge in [0.05, 0.1) is 6.54 Å². The zero-order valence-electron chi connectivity index (χ0n) is 13.1. The highest BCUT2D eigenvalue weighted by Crippen LogP contribution is 2.29. The highest BCUT2D eigenvalue weighted by Gasteiger charge is 2.36. The number of carbonyl (C=O) groups excluding carboxylic acids is 2. The molecule has 0 aromatic heterocycles. The first-order chi connectivity index (χ1) is 10.1. The lowest BCUT2D eigenvalue weighted by Crippen LogP contribution is -2.52. The van der Waals surface area contributed by atoms with Crippen LogP contribution >= 0.6 is 0 Å². The molecule has 0 saturated carbocycles. The van der Waals surface area contributed by atoms with Gasteiger partial charge in [0.2, 0.25) is 11.8 Å². The molecule has 3 aliphatic heterocycles. The summed E-state index contributed by atoms with van der Waals surface area (Å²) in [7, 11) is 1.95. The van der Waals surface area contributed by atoms with Gasteiger partial charge in [-0.15, -0.1) is 0 Å². The van der Waals surface area contributed by atoms with E-state index in [1.807, 2.05) is 16.8 Å². The highest BCUT2D eigenvalue weighted by molar-refractivity contribution is 5.78. The van der Waals surface area contributed by atoms with Crippen LogP contribution in [0.25, 0.3) is 0 Å². The van der Waals surface area contributed by atoms with E-state index in [-0.39, 0.29) is 0 Å². The zero-order chi connectivity index (χ0) is 14.8. The quantitative estimate of drug-likeness (QED) is 0.761. The van der Waals surface area contributed by atoms with Crippen molar-refractivity contribution in [3.05, 3.63) is 0 Å². The summed E-state index contributed by atoms with van der Waals surface area (Å²) in [6.45, 7) is 4.37. The number of piperidine rings is 1. The van der Waals surface area contributed by atoms with E-state index in [9.17, 15) is 9.59 Å². The van der Waals surface area contributed by atoms with Gasteiger partial charge in [-0.1, -0.05) is 0 Å². The molecule has 0 unspecified atom stereocenters. The Hall–Kier alpha value is -1.10. The van der Waals surface area contributed by atoms with Crippen LogP contribution in [-0.4, -0.2) is 72.3 Å². The Kier molecular flexibility index (Phi) is 4.48. The number of carbonyl (C=O) groups is 2. The van der Waals surface area contributed by atoms with Crippen molar-refractivity contribution >= 4 is 11.8 Å². The van der Waals surface area contributed by atoms with E-state index in [4.69, 9.17) is 0 Å². The van der Waals surface area contributed by atoms with E-state index in [0.717, 1.165) is 58.3 Å². The largest absolute Gasteiger partial charge is 0.342 e. The van der Waals surface area contributed by atoms with Gasteiger partial charge in [0.1, 0.15) is 0 Å². The first kappa shape index (κ1) is 14.8. The molecule has 0 radical (unpaired) electrons. The molecule has 21 heavy (non-hydrogen) atoms. The third-order valence-corrected chi connectivity index (χ3v) is 5.45. The monoisotopic (exact) mass is 293 g/mol. The van der Waals surface area contributed by atoms with Crippen molar-refractivity contribution in [3.8, 4) is 0 Å². The summed E-state index contributed by atoms with van der Waals surface area (Å²) in [5.41, 5.74) is 0. The molecule has 0 aromatic carbocycles. The Balaban J connectivity index is 1.56. The van der Waals surface area contributed by atoms with Crippen molar-refractivity contribution in [3.63, 3.8) is 0 Å². The molecule has 3 rings (SSSR count). The van der Waals surface area contributed by atoms with Gasteiger partial charge in [0, 0.05) is 45.7 Å². The number of nitrogens with zero attached hydrogens (tertiary/aromatic N) is 3.